The minimum absolute atomic E-state index is 0.219. The van der Waals surface area contributed by atoms with Crippen molar-refractivity contribution >= 4 is 27.5 Å². The fourth-order valence-corrected chi connectivity index (χ4v) is 2.61. The molecule has 5 heteroatoms. The second-order valence-electron chi connectivity index (χ2n) is 3.99. The number of nitrogens with zero attached hydrogens (tertiary/aromatic N) is 2. The molecule has 0 saturated carbocycles. The summed E-state index contributed by atoms with van der Waals surface area (Å²) in [7, 11) is 3.22. The molecule has 1 aromatic heterocycles. The van der Waals surface area contributed by atoms with Crippen LogP contribution < -0.4 is 0 Å². The number of carbonyl (C=O) groups excluding carboxylic acids is 1. The SMILES string of the molecule is CN(C)C(=O)N(O)Cc1cc2ccccc2s1. The number of benzene rings is 1. The lowest BCUT2D eigenvalue weighted by Gasteiger charge is -2.18. The number of thiophene rings is 1. The third kappa shape index (κ3) is 2.57. The van der Waals surface area contributed by atoms with Crippen molar-refractivity contribution in [3.63, 3.8) is 0 Å². The molecule has 17 heavy (non-hydrogen) atoms. The summed E-state index contributed by atoms with van der Waals surface area (Å²) >= 11 is 1.58. The van der Waals surface area contributed by atoms with E-state index in [0.29, 0.717) is 0 Å². The number of hydroxylamine groups is 2. The normalized spacial score (nSPS) is 10.5. The summed E-state index contributed by atoms with van der Waals surface area (Å²) in [6.07, 6.45) is 0. The lowest BCUT2D eigenvalue weighted by Crippen LogP contribution is -2.36. The molecule has 2 rings (SSSR count). The molecule has 0 aliphatic heterocycles. The maximum absolute atomic E-state index is 11.5. The first-order valence-corrected chi connectivity index (χ1v) is 6.04. The van der Waals surface area contributed by atoms with Gasteiger partial charge in [0.15, 0.2) is 0 Å². The molecule has 1 N–H and O–H groups in total. The molecule has 2 aromatic rings. The van der Waals surface area contributed by atoms with Crippen molar-refractivity contribution in [3.8, 4) is 0 Å². The molecule has 0 saturated heterocycles. The number of hydrogen-bond donors (Lipinski definition) is 1. The Labute approximate surface area is 104 Å². The Morgan fingerprint density at radius 2 is 2.06 bits per heavy atom. The molecule has 0 aliphatic carbocycles. The van der Waals surface area contributed by atoms with Gasteiger partial charge in [-0.05, 0) is 17.5 Å². The Balaban J connectivity index is 2.16. The summed E-state index contributed by atoms with van der Waals surface area (Å²) in [5, 5.41) is 11.5. The quantitative estimate of drug-likeness (QED) is 0.658. The van der Waals surface area contributed by atoms with E-state index in [2.05, 4.69) is 0 Å². The van der Waals surface area contributed by atoms with Crippen molar-refractivity contribution in [1.29, 1.82) is 0 Å². The van der Waals surface area contributed by atoms with Crippen molar-refractivity contribution in [2.24, 2.45) is 0 Å². The number of fused-ring (bicyclic) bond motifs is 1. The number of hydrogen-bond acceptors (Lipinski definition) is 3. The first-order chi connectivity index (χ1) is 8.08. The van der Waals surface area contributed by atoms with Crippen LogP contribution in [-0.4, -0.2) is 35.3 Å². The number of urea groups is 1. The fraction of sp³-hybridized carbons (Fsp3) is 0.250. The molecule has 4 nitrogen and oxygen atoms in total. The highest BCUT2D eigenvalue weighted by Crippen LogP contribution is 2.26. The van der Waals surface area contributed by atoms with E-state index in [-0.39, 0.29) is 6.54 Å². The van der Waals surface area contributed by atoms with E-state index in [1.165, 1.54) is 4.90 Å². The fourth-order valence-electron chi connectivity index (χ4n) is 1.56. The van der Waals surface area contributed by atoms with Crippen LogP contribution in [0.5, 0.6) is 0 Å². The Morgan fingerprint density at radius 3 is 2.71 bits per heavy atom. The van der Waals surface area contributed by atoms with Gasteiger partial charge >= 0.3 is 6.03 Å². The Hall–Kier alpha value is -1.59. The number of amides is 2. The zero-order chi connectivity index (χ0) is 12.4. The summed E-state index contributed by atoms with van der Waals surface area (Å²) in [5.41, 5.74) is 0. The van der Waals surface area contributed by atoms with Crippen molar-refractivity contribution in [2.45, 2.75) is 6.54 Å². The van der Waals surface area contributed by atoms with Gasteiger partial charge in [-0.3, -0.25) is 5.21 Å². The molecule has 90 valence electrons. The molecule has 1 heterocycles. The van der Waals surface area contributed by atoms with Crippen LogP contribution in [0.1, 0.15) is 4.88 Å². The van der Waals surface area contributed by atoms with E-state index in [4.69, 9.17) is 0 Å². The van der Waals surface area contributed by atoms with Gasteiger partial charge in [0, 0.05) is 23.7 Å². The molecule has 0 radical (unpaired) electrons. The van der Waals surface area contributed by atoms with E-state index in [0.717, 1.165) is 20.0 Å². The maximum Gasteiger partial charge on any atom is 0.343 e. The molecule has 0 fully saturated rings. The summed E-state index contributed by atoms with van der Waals surface area (Å²) in [6, 6.07) is 9.57. The van der Waals surface area contributed by atoms with Crippen LogP contribution in [0, 0.1) is 0 Å². The van der Waals surface area contributed by atoms with Gasteiger partial charge in [0.05, 0.1) is 6.54 Å². The van der Waals surface area contributed by atoms with Gasteiger partial charge in [0.25, 0.3) is 0 Å². The minimum atomic E-state index is -0.414. The third-order valence-corrected chi connectivity index (χ3v) is 3.49. The van der Waals surface area contributed by atoms with Gasteiger partial charge in [0.2, 0.25) is 0 Å². The summed E-state index contributed by atoms with van der Waals surface area (Å²) in [6.45, 7) is 0.219. The molecule has 0 bridgehead atoms. The Kier molecular flexibility index (Phi) is 3.31. The molecule has 0 spiro atoms. The van der Waals surface area contributed by atoms with E-state index in [1.54, 1.807) is 25.4 Å². The van der Waals surface area contributed by atoms with Gasteiger partial charge in [-0.25, -0.2) is 9.86 Å². The van der Waals surface area contributed by atoms with Gasteiger partial charge in [-0.15, -0.1) is 11.3 Å². The zero-order valence-corrected chi connectivity index (χ0v) is 10.6. The average molecular weight is 250 g/mol. The second-order valence-corrected chi connectivity index (χ2v) is 5.15. The van der Waals surface area contributed by atoms with Crippen LogP contribution in [0.25, 0.3) is 10.1 Å². The molecular formula is C12H14N2O2S. The minimum Gasteiger partial charge on any atom is -0.329 e. The largest absolute Gasteiger partial charge is 0.343 e. The van der Waals surface area contributed by atoms with Crippen molar-refractivity contribution in [3.05, 3.63) is 35.2 Å². The van der Waals surface area contributed by atoms with E-state index in [1.807, 2.05) is 30.3 Å². The lowest BCUT2D eigenvalue weighted by molar-refractivity contribution is -0.0594. The van der Waals surface area contributed by atoms with Crippen molar-refractivity contribution < 1.29 is 10.0 Å². The summed E-state index contributed by atoms with van der Waals surface area (Å²) in [4.78, 5) is 13.8. The van der Waals surface area contributed by atoms with E-state index >= 15 is 0 Å². The zero-order valence-electron chi connectivity index (χ0n) is 9.75. The highest BCUT2D eigenvalue weighted by Gasteiger charge is 2.14. The van der Waals surface area contributed by atoms with E-state index < -0.39 is 6.03 Å². The van der Waals surface area contributed by atoms with Crippen LogP contribution in [0.4, 0.5) is 4.79 Å². The highest BCUT2D eigenvalue weighted by atomic mass is 32.1. The summed E-state index contributed by atoms with van der Waals surface area (Å²) < 4.78 is 1.16. The molecule has 0 aliphatic rings. The van der Waals surface area contributed by atoms with Gasteiger partial charge < -0.3 is 4.90 Å². The summed E-state index contributed by atoms with van der Waals surface area (Å²) in [5.74, 6) is 0. The second kappa shape index (κ2) is 4.73. The number of carbonyl (C=O) groups is 1. The third-order valence-electron chi connectivity index (χ3n) is 2.39. The van der Waals surface area contributed by atoms with Crippen molar-refractivity contribution in [1.82, 2.24) is 9.96 Å². The molecule has 0 unspecified atom stereocenters. The monoisotopic (exact) mass is 250 g/mol. The highest BCUT2D eigenvalue weighted by molar-refractivity contribution is 7.19. The lowest BCUT2D eigenvalue weighted by atomic mass is 10.2. The molecule has 0 atom stereocenters. The van der Waals surface area contributed by atoms with Crippen LogP contribution >= 0.6 is 11.3 Å². The van der Waals surface area contributed by atoms with Gasteiger partial charge in [-0.1, -0.05) is 18.2 Å². The van der Waals surface area contributed by atoms with Crippen molar-refractivity contribution in [2.75, 3.05) is 14.1 Å². The first kappa shape index (κ1) is 11.9. The van der Waals surface area contributed by atoms with Crippen LogP contribution in [-0.2, 0) is 6.54 Å². The Morgan fingerprint density at radius 1 is 1.35 bits per heavy atom. The molecule has 1 aromatic carbocycles. The predicted molar refractivity (Wildman–Crippen MR) is 68.2 cm³/mol. The van der Waals surface area contributed by atoms with Crippen LogP contribution in [0.15, 0.2) is 30.3 Å². The van der Waals surface area contributed by atoms with Gasteiger partial charge in [-0.2, -0.15) is 0 Å². The van der Waals surface area contributed by atoms with E-state index in [9.17, 15) is 10.0 Å². The molecule has 2 amide bonds. The topological polar surface area (TPSA) is 43.8 Å². The maximum atomic E-state index is 11.5. The van der Waals surface area contributed by atoms with Gasteiger partial charge in [0.1, 0.15) is 0 Å². The molecular weight excluding hydrogens is 236 g/mol. The van der Waals surface area contributed by atoms with Crippen LogP contribution in [0.3, 0.4) is 0 Å². The average Bonchev–Trinajstić information content (AvgIpc) is 2.69. The smallest absolute Gasteiger partial charge is 0.329 e. The van der Waals surface area contributed by atoms with Crippen LogP contribution in [0.2, 0.25) is 0 Å². The predicted octanol–water partition coefficient (Wildman–Crippen LogP) is 2.77. The standard InChI is InChI=1S/C12H14N2O2S/c1-13(2)12(15)14(16)8-10-7-9-5-3-4-6-11(9)17-10/h3-7,16H,8H2,1-2H3. The first-order valence-electron chi connectivity index (χ1n) is 5.23. The Bertz CT molecular complexity index is 503. The number of rotatable bonds is 2.